The summed E-state index contributed by atoms with van der Waals surface area (Å²) in [7, 11) is -3.05. The maximum atomic E-state index is 11.2. The fourth-order valence-corrected chi connectivity index (χ4v) is 2.90. The molecule has 1 atom stereocenters. The maximum Gasteiger partial charge on any atom is 0.172 e. The third-order valence-electron chi connectivity index (χ3n) is 2.27. The van der Waals surface area contributed by atoms with E-state index in [1.54, 1.807) is 30.3 Å². The van der Waals surface area contributed by atoms with Gasteiger partial charge in [-0.15, -0.1) is 0 Å². The number of para-hydroxylation sites is 1. The van der Waals surface area contributed by atoms with E-state index in [4.69, 9.17) is 0 Å². The number of sulfone groups is 1. The molecule has 0 bridgehead atoms. The lowest BCUT2D eigenvalue weighted by atomic mass is 10.0. The van der Waals surface area contributed by atoms with Gasteiger partial charge >= 0.3 is 0 Å². The molecule has 1 unspecified atom stereocenters. The summed E-state index contributed by atoms with van der Waals surface area (Å²) in [6.07, 6.45) is 1.62. The molecule has 1 aliphatic heterocycles. The molecule has 0 amide bonds. The number of phenols is 1. The van der Waals surface area contributed by atoms with Gasteiger partial charge in [0.05, 0.1) is 5.75 Å². The number of hydrogen-bond acceptors (Lipinski definition) is 3. The Morgan fingerprint density at radius 3 is 2.57 bits per heavy atom. The molecule has 0 aliphatic carbocycles. The van der Waals surface area contributed by atoms with E-state index < -0.39 is 9.84 Å². The first-order chi connectivity index (χ1) is 6.58. The van der Waals surface area contributed by atoms with Gasteiger partial charge in [-0.2, -0.15) is 0 Å². The van der Waals surface area contributed by atoms with Gasteiger partial charge in [-0.3, -0.25) is 0 Å². The Balaban J connectivity index is 2.36. The zero-order chi connectivity index (χ0) is 10.2. The first-order valence-corrected chi connectivity index (χ1v) is 5.99. The number of rotatable bonds is 1. The minimum atomic E-state index is -3.05. The van der Waals surface area contributed by atoms with E-state index in [1.807, 2.05) is 0 Å². The summed E-state index contributed by atoms with van der Waals surface area (Å²) < 4.78 is 22.3. The van der Waals surface area contributed by atoms with Gasteiger partial charge < -0.3 is 5.11 Å². The third-order valence-corrected chi connectivity index (χ3v) is 3.66. The van der Waals surface area contributed by atoms with E-state index in [0.717, 1.165) is 0 Å². The highest BCUT2D eigenvalue weighted by molar-refractivity contribution is 7.94. The van der Waals surface area contributed by atoms with Gasteiger partial charge in [0, 0.05) is 16.9 Å². The molecule has 1 heterocycles. The van der Waals surface area contributed by atoms with Crippen molar-refractivity contribution in [3.05, 3.63) is 41.3 Å². The van der Waals surface area contributed by atoms with Gasteiger partial charge in [0.15, 0.2) is 9.84 Å². The fraction of sp³-hybridized carbons (Fsp3) is 0.200. The number of phenolic OH excluding ortho intramolecular Hbond substituents is 1. The van der Waals surface area contributed by atoms with Crippen LogP contribution >= 0.6 is 0 Å². The van der Waals surface area contributed by atoms with Crippen molar-refractivity contribution in [2.24, 2.45) is 0 Å². The van der Waals surface area contributed by atoms with E-state index in [9.17, 15) is 13.5 Å². The lowest BCUT2D eigenvalue weighted by Gasteiger charge is -2.08. The van der Waals surface area contributed by atoms with Crippen molar-refractivity contribution in [1.29, 1.82) is 0 Å². The van der Waals surface area contributed by atoms with Crippen molar-refractivity contribution in [1.82, 2.24) is 0 Å². The van der Waals surface area contributed by atoms with Crippen LogP contribution in [0.2, 0.25) is 0 Å². The van der Waals surface area contributed by atoms with Crippen LogP contribution in [-0.4, -0.2) is 19.3 Å². The summed E-state index contributed by atoms with van der Waals surface area (Å²) in [6.45, 7) is 0. The monoisotopic (exact) mass is 210 g/mol. The normalized spacial score (nSPS) is 23.9. The SMILES string of the molecule is O=S1(=O)C=CC(c2ccccc2O)C1. The Hall–Kier alpha value is -1.29. The van der Waals surface area contributed by atoms with Gasteiger partial charge in [-0.1, -0.05) is 24.3 Å². The van der Waals surface area contributed by atoms with Crippen LogP contribution in [0.1, 0.15) is 11.5 Å². The number of allylic oxidation sites excluding steroid dienone is 1. The van der Waals surface area contributed by atoms with Crippen molar-refractivity contribution in [3.8, 4) is 5.75 Å². The molecule has 0 saturated heterocycles. The molecule has 74 valence electrons. The molecule has 1 aromatic rings. The van der Waals surface area contributed by atoms with Gasteiger partial charge in [0.25, 0.3) is 0 Å². The molecule has 0 saturated carbocycles. The summed E-state index contributed by atoms with van der Waals surface area (Å²) in [5, 5.41) is 10.7. The van der Waals surface area contributed by atoms with Crippen LogP contribution in [0.5, 0.6) is 5.75 Å². The first kappa shape index (κ1) is 9.27. The molecule has 0 spiro atoms. The van der Waals surface area contributed by atoms with E-state index in [2.05, 4.69) is 0 Å². The minimum absolute atomic E-state index is 0.0601. The van der Waals surface area contributed by atoms with Crippen LogP contribution in [-0.2, 0) is 9.84 Å². The molecule has 0 aromatic heterocycles. The molecule has 2 rings (SSSR count). The summed E-state index contributed by atoms with van der Waals surface area (Å²) in [5.74, 6) is 0.00495. The van der Waals surface area contributed by atoms with E-state index in [1.165, 1.54) is 5.41 Å². The Morgan fingerprint density at radius 1 is 1.29 bits per heavy atom. The third kappa shape index (κ3) is 1.65. The van der Waals surface area contributed by atoms with Gasteiger partial charge in [0.1, 0.15) is 5.75 Å². The Bertz CT molecular complexity index is 474. The highest BCUT2D eigenvalue weighted by Gasteiger charge is 2.24. The number of benzene rings is 1. The predicted octanol–water partition coefficient (Wildman–Crippen LogP) is 1.42. The largest absolute Gasteiger partial charge is 0.508 e. The highest BCUT2D eigenvalue weighted by Crippen LogP contribution is 2.31. The second-order valence-corrected chi connectivity index (χ2v) is 5.25. The van der Waals surface area contributed by atoms with Crippen molar-refractivity contribution >= 4 is 9.84 Å². The first-order valence-electron chi connectivity index (χ1n) is 4.27. The smallest absolute Gasteiger partial charge is 0.172 e. The lowest BCUT2D eigenvalue weighted by molar-refractivity contribution is 0.467. The van der Waals surface area contributed by atoms with Crippen molar-refractivity contribution in [3.63, 3.8) is 0 Å². The summed E-state index contributed by atoms with van der Waals surface area (Å²) in [6, 6.07) is 6.80. The fourth-order valence-electron chi connectivity index (χ4n) is 1.57. The number of aromatic hydroxyl groups is 1. The zero-order valence-corrected chi connectivity index (χ0v) is 8.24. The summed E-state index contributed by atoms with van der Waals surface area (Å²) in [5.41, 5.74) is 0.671. The van der Waals surface area contributed by atoms with Gasteiger partial charge in [-0.25, -0.2) is 8.42 Å². The highest BCUT2D eigenvalue weighted by atomic mass is 32.2. The molecular weight excluding hydrogens is 200 g/mol. The standard InChI is InChI=1S/C10H10O3S/c11-10-4-2-1-3-9(10)8-5-6-14(12,13)7-8/h1-6,8,11H,7H2. The molecule has 4 heteroatoms. The average Bonchev–Trinajstić information content (AvgIpc) is 2.47. The molecule has 3 nitrogen and oxygen atoms in total. The molecular formula is C10H10O3S. The zero-order valence-electron chi connectivity index (χ0n) is 7.42. The quantitative estimate of drug-likeness (QED) is 0.762. The molecule has 0 fully saturated rings. The number of hydrogen-bond donors (Lipinski definition) is 1. The Kier molecular flexibility index (Phi) is 2.07. The molecule has 14 heavy (non-hydrogen) atoms. The molecule has 1 aliphatic rings. The Labute approximate surface area is 82.6 Å². The maximum absolute atomic E-state index is 11.2. The van der Waals surface area contributed by atoms with Crippen LogP contribution in [0.4, 0.5) is 0 Å². The van der Waals surface area contributed by atoms with Crippen molar-refractivity contribution in [2.75, 3.05) is 5.75 Å². The van der Waals surface area contributed by atoms with Gasteiger partial charge in [-0.05, 0) is 6.07 Å². The van der Waals surface area contributed by atoms with E-state index in [-0.39, 0.29) is 17.4 Å². The summed E-state index contributed by atoms with van der Waals surface area (Å²) in [4.78, 5) is 0. The Morgan fingerprint density at radius 2 is 2.00 bits per heavy atom. The van der Waals surface area contributed by atoms with Crippen LogP contribution in [0.15, 0.2) is 35.7 Å². The van der Waals surface area contributed by atoms with Crippen LogP contribution < -0.4 is 0 Å². The molecule has 1 N–H and O–H groups in total. The van der Waals surface area contributed by atoms with E-state index >= 15 is 0 Å². The topological polar surface area (TPSA) is 54.4 Å². The average molecular weight is 210 g/mol. The van der Waals surface area contributed by atoms with Crippen molar-refractivity contribution in [2.45, 2.75) is 5.92 Å². The molecule has 0 radical (unpaired) electrons. The predicted molar refractivity (Wildman–Crippen MR) is 53.8 cm³/mol. The van der Waals surface area contributed by atoms with Crippen molar-refractivity contribution < 1.29 is 13.5 Å². The van der Waals surface area contributed by atoms with E-state index in [0.29, 0.717) is 5.56 Å². The minimum Gasteiger partial charge on any atom is -0.508 e. The second kappa shape index (κ2) is 3.13. The van der Waals surface area contributed by atoms with Crippen LogP contribution in [0, 0.1) is 0 Å². The summed E-state index contributed by atoms with van der Waals surface area (Å²) >= 11 is 0. The van der Waals surface area contributed by atoms with Gasteiger partial charge in [0.2, 0.25) is 0 Å². The van der Waals surface area contributed by atoms with Crippen LogP contribution in [0.3, 0.4) is 0 Å². The lowest BCUT2D eigenvalue weighted by Crippen LogP contribution is -2.03. The van der Waals surface area contributed by atoms with Crippen LogP contribution in [0.25, 0.3) is 0 Å². The molecule has 1 aromatic carbocycles. The second-order valence-electron chi connectivity index (χ2n) is 3.32.